The summed E-state index contributed by atoms with van der Waals surface area (Å²) in [6, 6.07) is 4.00. The van der Waals surface area contributed by atoms with Crippen molar-refractivity contribution in [2.24, 2.45) is 0 Å². The van der Waals surface area contributed by atoms with Gasteiger partial charge in [0.25, 0.3) is 0 Å². The zero-order chi connectivity index (χ0) is 10.8. The van der Waals surface area contributed by atoms with Crippen LogP contribution in [0.2, 0.25) is 0 Å². The Kier molecular flexibility index (Phi) is 2.46. The fourth-order valence-electron chi connectivity index (χ4n) is 1.64. The molecule has 0 radical (unpaired) electrons. The van der Waals surface area contributed by atoms with E-state index in [1.165, 1.54) is 0 Å². The number of hydrogen-bond acceptors (Lipinski definition) is 3. The van der Waals surface area contributed by atoms with Crippen molar-refractivity contribution in [1.29, 1.82) is 0 Å². The molecular formula is C12H13NO2. The summed E-state index contributed by atoms with van der Waals surface area (Å²) in [6.45, 7) is 3.88. The molecule has 3 nitrogen and oxygen atoms in total. The van der Waals surface area contributed by atoms with Gasteiger partial charge in [0.2, 0.25) is 5.58 Å². The van der Waals surface area contributed by atoms with E-state index in [0.717, 1.165) is 22.4 Å². The van der Waals surface area contributed by atoms with E-state index in [-0.39, 0.29) is 0 Å². The molecular weight excluding hydrogens is 190 g/mol. The highest BCUT2D eigenvalue weighted by atomic mass is 16.5. The zero-order valence-electron chi connectivity index (χ0n) is 9.07. The van der Waals surface area contributed by atoms with E-state index in [4.69, 9.17) is 9.26 Å². The molecule has 0 unspecified atom stereocenters. The lowest BCUT2D eigenvalue weighted by atomic mass is 10.1. The molecule has 15 heavy (non-hydrogen) atoms. The molecule has 1 aromatic heterocycles. The molecule has 0 N–H and O–H groups in total. The van der Waals surface area contributed by atoms with E-state index in [0.29, 0.717) is 5.58 Å². The third kappa shape index (κ3) is 1.50. The van der Waals surface area contributed by atoms with Gasteiger partial charge in [0, 0.05) is 10.9 Å². The molecule has 0 aliphatic heterocycles. The van der Waals surface area contributed by atoms with Crippen LogP contribution < -0.4 is 4.74 Å². The fourth-order valence-corrected chi connectivity index (χ4v) is 1.64. The third-order valence-electron chi connectivity index (χ3n) is 2.36. The van der Waals surface area contributed by atoms with Crippen LogP contribution in [0.1, 0.15) is 18.2 Å². The van der Waals surface area contributed by atoms with Gasteiger partial charge >= 0.3 is 0 Å². The Morgan fingerprint density at radius 3 is 2.87 bits per heavy atom. The number of rotatable bonds is 2. The van der Waals surface area contributed by atoms with E-state index in [2.05, 4.69) is 5.16 Å². The van der Waals surface area contributed by atoms with Crippen LogP contribution in [0, 0.1) is 6.92 Å². The molecule has 78 valence electrons. The Morgan fingerprint density at radius 2 is 2.20 bits per heavy atom. The van der Waals surface area contributed by atoms with Crippen LogP contribution in [-0.2, 0) is 0 Å². The quantitative estimate of drug-likeness (QED) is 0.751. The summed E-state index contributed by atoms with van der Waals surface area (Å²) >= 11 is 0. The van der Waals surface area contributed by atoms with Crippen molar-refractivity contribution in [1.82, 2.24) is 5.16 Å². The maximum atomic E-state index is 5.34. The maximum absolute atomic E-state index is 5.34. The first-order valence-electron chi connectivity index (χ1n) is 4.83. The van der Waals surface area contributed by atoms with Gasteiger partial charge in [-0.1, -0.05) is 23.4 Å². The topological polar surface area (TPSA) is 35.3 Å². The predicted octanol–water partition coefficient (Wildman–Crippen LogP) is 3.18. The second kappa shape index (κ2) is 3.77. The highest BCUT2D eigenvalue weighted by Crippen LogP contribution is 2.32. The molecule has 2 aromatic rings. The minimum Gasteiger partial charge on any atom is -0.492 e. The van der Waals surface area contributed by atoms with Crippen molar-refractivity contribution in [2.75, 3.05) is 7.11 Å². The predicted molar refractivity (Wildman–Crippen MR) is 60.0 cm³/mol. The summed E-state index contributed by atoms with van der Waals surface area (Å²) in [5.74, 6) is 0.742. The molecule has 0 bridgehead atoms. The van der Waals surface area contributed by atoms with Crippen LogP contribution in [0.3, 0.4) is 0 Å². The number of aryl methyl sites for hydroxylation is 1. The van der Waals surface area contributed by atoms with E-state index in [9.17, 15) is 0 Å². The van der Waals surface area contributed by atoms with Gasteiger partial charge in [-0.25, -0.2) is 0 Å². The highest BCUT2D eigenvalue weighted by molar-refractivity contribution is 5.88. The normalized spacial score (nSPS) is 11.4. The number of benzene rings is 1. The molecule has 0 fully saturated rings. The Balaban J connectivity index is 2.75. The molecule has 1 heterocycles. The van der Waals surface area contributed by atoms with Crippen LogP contribution in [0.25, 0.3) is 17.0 Å². The Hall–Kier alpha value is -1.77. The van der Waals surface area contributed by atoms with Crippen LogP contribution in [0.4, 0.5) is 0 Å². The minimum absolute atomic E-state index is 0.714. The summed E-state index contributed by atoms with van der Waals surface area (Å²) in [6.07, 6.45) is 3.95. The molecule has 3 heteroatoms. The van der Waals surface area contributed by atoms with Crippen LogP contribution in [0.5, 0.6) is 5.75 Å². The summed E-state index contributed by atoms with van der Waals surface area (Å²) in [4.78, 5) is 0. The van der Waals surface area contributed by atoms with Crippen LogP contribution >= 0.6 is 0 Å². The summed E-state index contributed by atoms with van der Waals surface area (Å²) in [7, 11) is 1.64. The number of fused-ring (bicyclic) bond motifs is 1. The average Bonchev–Trinajstić information content (AvgIpc) is 2.61. The monoisotopic (exact) mass is 203 g/mol. The van der Waals surface area contributed by atoms with Gasteiger partial charge in [0.05, 0.1) is 12.8 Å². The Morgan fingerprint density at radius 1 is 1.40 bits per heavy atom. The van der Waals surface area contributed by atoms with Crippen LogP contribution in [-0.4, -0.2) is 12.3 Å². The number of methoxy groups -OCH3 is 1. The first-order chi connectivity index (χ1) is 7.27. The van der Waals surface area contributed by atoms with Crippen molar-refractivity contribution in [3.8, 4) is 5.75 Å². The average molecular weight is 203 g/mol. The largest absolute Gasteiger partial charge is 0.492 e. The lowest BCUT2D eigenvalue weighted by Gasteiger charge is -2.04. The summed E-state index contributed by atoms with van der Waals surface area (Å²) in [5.41, 5.74) is 2.60. The van der Waals surface area contributed by atoms with E-state index >= 15 is 0 Å². The van der Waals surface area contributed by atoms with Crippen molar-refractivity contribution in [2.45, 2.75) is 13.8 Å². The number of ether oxygens (including phenoxy) is 1. The SMILES string of the molecule is CC=Cc1ccc2c(C)noc2c1OC. The molecule has 0 atom stereocenters. The van der Waals surface area contributed by atoms with Gasteiger partial charge in [-0.15, -0.1) is 0 Å². The molecule has 2 rings (SSSR count). The molecule has 0 aliphatic carbocycles. The lowest BCUT2D eigenvalue weighted by molar-refractivity contribution is 0.391. The van der Waals surface area contributed by atoms with Crippen LogP contribution in [0.15, 0.2) is 22.7 Å². The van der Waals surface area contributed by atoms with Gasteiger partial charge in [0.15, 0.2) is 5.75 Å². The van der Waals surface area contributed by atoms with Gasteiger partial charge in [0.1, 0.15) is 0 Å². The standard InChI is InChI=1S/C12H13NO2/c1-4-5-9-6-7-10-8(2)13-15-12(10)11(9)14-3/h4-7H,1-3H3. The summed E-state index contributed by atoms with van der Waals surface area (Å²) in [5, 5.41) is 4.93. The first kappa shape index (κ1) is 9.77. The number of nitrogens with zero attached hydrogens (tertiary/aromatic N) is 1. The molecule has 0 saturated heterocycles. The second-order valence-electron chi connectivity index (χ2n) is 3.33. The van der Waals surface area contributed by atoms with Gasteiger partial charge in [-0.2, -0.15) is 0 Å². The number of allylic oxidation sites excluding steroid dienone is 1. The molecule has 0 saturated carbocycles. The first-order valence-corrected chi connectivity index (χ1v) is 4.83. The highest BCUT2D eigenvalue weighted by Gasteiger charge is 2.12. The molecule has 0 amide bonds. The lowest BCUT2D eigenvalue weighted by Crippen LogP contribution is -1.87. The molecule has 0 aliphatic rings. The molecule has 1 aromatic carbocycles. The van der Waals surface area contributed by atoms with Crippen molar-refractivity contribution in [3.05, 3.63) is 29.5 Å². The minimum atomic E-state index is 0.714. The number of hydrogen-bond donors (Lipinski definition) is 0. The Bertz CT molecular complexity index is 512. The van der Waals surface area contributed by atoms with Gasteiger partial charge in [-0.05, 0) is 19.9 Å². The van der Waals surface area contributed by atoms with E-state index in [1.54, 1.807) is 7.11 Å². The van der Waals surface area contributed by atoms with Crippen molar-refractivity contribution in [3.63, 3.8) is 0 Å². The number of aromatic nitrogens is 1. The molecule has 0 spiro atoms. The second-order valence-corrected chi connectivity index (χ2v) is 3.33. The smallest absolute Gasteiger partial charge is 0.209 e. The van der Waals surface area contributed by atoms with Gasteiger partial charge < -0.3 is 9.26 Å². The maximum Gasteiger partial charge on any atom is 0.209 e. The Labute approximate surface area is 88.3 Å². The van der Waals surface area contributed by atoms with E-state index < -0.39 is 0 Å². The van der Waals surface area contributed by atoms with Gasteiger partial charge in [-0.3, -0.25) is 0 Å². The zero-order valence-corrected chi connectivity index (χ0v) is 9.07. The van der Waals surface area contributed by atoms with E-state index in [1.807, 2.05) is 38.1 Å². The fraction of sp³-hybridized carbons (Fsp3) is 0.250. The summed E-state index contributed by atoms with van der Waals surface area (Å²) < 4.78 is 10.6. The third-order valence-corrected chi connectivity index (χ3v) is 2.36. The van der Waals surface area contributed by atoms with Crippen molar-refractivity contribution < 1.29 is 9.26 Å². The van der Waals surface area contributed by atoms with Crippen molar-refractivity contribution >= 4 is 17.0 Å².